The average molecular weight is 385 g/mol. The number of benzene rings is 2. The topological polar surface area (TPSA) is 52.0 Å². The highest BCUT2D eigenvalue weighted by atomic mass is 127. The summed E-state index contributed by atoms with van der Waals surface area (Å²) in [6.45, 7) is 1.97. The van der Waals surface area contributed by atoms with Crippen molar-refractivity contribution in [2.24, 2.45) is 0 Å². The first kappa shape index (κ1) is 12.7. The van der Waals surface area contributed by atoms with Crippen LogP contribution in [0.2, 0.25) is 5.02 Å². The lowest BCUT2D eigenvalue weighted by molar-refractivity contribution is 0.621. The molecular formula is C14H10ClIN2O. The summed E-state index contributed by atoms with van der Waals surface area (Å²) in [5.74, 6) is 0.496. The van der Waals surface area contributed by atoms with E-state index in [1.807, 2.05) is 37.3 Å². The molecule has 0 bridgehead atoms. The van der Waals surface area contributed by atoms with Crippen molar-refractivity contribution in [1.29, 1.82) is 0 Å². The molecule has 96 valence electrons. The van der Waals surface area contributed by atoms with Crippen LogP contribution < -0.4 is 5.73 Å². The molecule has 1 heterocycles. The van der Waals surface area contributed by atoms with E-state index in [0.717, 1.165) is 20.2 Å². The third kappa shape index (κ3) is 2.30. The third-order valence-corrected chi connectivity index (χ3v) is 3.82. The smallest absolute Gasteiger partial charge is 0.228 e. The molecule has 0 spiro atoms. The summed E-state index contributed by atoms with van der Waals surface area (Å²) in [6.07, 6.45) is 0. The number of nitrogens with zero attached hydrogens (tertiary/aromatic N) is 1. The van der Waals surface area contributed by atoms with Crippen molar-refractivity contribution in [2.45, 2.75) is 6.92 Å². The van der Waals surface area contributed by atoms with Crippen LogP contribution >= 0.6 is 34.2 Å². The molecular weight excluding hydrogens is 375 g/mol. The lowest BCUT2D eigenvalue weighted by atomic mass is 10.2. The van der Waals surface area contributed by atoms with Crippen molar-refractivity contribution in [1.82, 2.24) is 4.98 Å². The minimum Gasteiger partial charge on any atom is -0.434 e. The van der Waals surface area contributed by atoms with Crippen LogP contribution in [-0.2, 0) is 0 Å². The molecule has 1 aromatic heterocycles. The highest BCUT2D eigenvalue weighted by Crippen LogP contribution is 2.33. The van der Waals surface area contributed by atoms with Gasteiger partial charge in [0.25, 0.3) is 0 Å². The molecule has 0 aliphatic rings. The average Bonchev–Trinajstić information content (AvgIpc) is 2.76. The fourth-order valence-electron chi connectivity index (χ4n) is 1.98. The molecule has 0 amide bonds. The van der Waals surface area contributed by atoms with Gasteiger partial charge in [0.2, 0.25) is 5.89 Å². The predicted molar refractivity (Wildman–Crippen MR) is 86.3 cm³/mol. The van der Waals surface area contributed by atoms with E-state index in [0.29, 0.717) is 22.2 Å². The van der Waals surface area contributed by atoms with Crippen molar-refractivity contribution < 1.29 is 4.42 Å². The van der Waals surface area contributed by atoms with Gasteiger partial charge < -0.3 is 10.2 Å². The molecule has 0 saturated heterocycles. The number of rotatable bonds is 1. The Hall–Kier alpha value is -1.27. The lowest BCUT2D eigenvalue weighted by Crippen LogP contribution is -1.86. The van der Waals surface area contributed by atoms with Gasteiger partial charge in [-0.3, -0.25) is 0 Å². The fraction of sp³-hybridized carbons (Fsp3) is 0.0714. The largest absolute Gasteiger partial charge is 0.434 e. The highest BCUT2D eigenvalue weighted by Gasteiger charge is 2.14. The third-order valence-electron chi connectivity index (χ3n) is 2.82. The van der Waals surface area contributed by atoms with Crippen molar-refractivity contribution in [3.63, 3.8) is 0 Å². The molecule has 3 nitrogen and oxygen atoms in total. The molecule has 0 fully saturated rings. The lowest BCUT2D eigenvalue weighted by Gasteiger charge is -1.99. The van der Waals surface area contributed by atoms with E-state index in [2.05, 4.69) is 27.6 Å². The normalized spacial score (nSPS) is 11.1. The summed E-state index contributed by atoms with van der Waals surface area (Å²) >= 11 is 8.42. The van der Waals surface area contributed by atoms with Gasteiger partial charge in [0.1, 0.15) is 5.52 Å². The Morgan fingerprint density at radius 3 is 2.84 bits per heavy atom. The quantitative estimate of drug-likeness (QED) is 0.491. The zero-order valence-corrected chi connectivity index (χ0v) is 13.0. The molecule has 0 saturated carbocycles. The standard InChI is InChI=1S/C14H10ClIN2O/c1-7-4-11(17)13-12(5-7)18-14(19-13)9-6-8(16)2-3-10(9)15/h2-6H,17H2,1H3. The number of nitrogens with two attached hydrogens (primary N) is 1. The second kappa shape index (κ2) is 4.68. The van der Waals surface area contributed by atoms with Gasteiger partial charge in [-0.05, 0) is 65.4 Å². The Kier molecular flexibility index (Phi) is 3.14. The van der Waals surface area contributed by atoms with Gasteiger partial charge in [-0.1, -0.05) is 11.6 Å². The summed E-state index contributed by atoms with van der Waals surface area (Å²) in [4.78, 5) is 4.47. The Labute approximate surface area is 128 Å². The fourth-order valence-corrected chi connectivity index (χ4v) is 2.67. The van der Waals surface area contributed by atoms with Crippen LogP contribution in [-0.4, -0.2) is 4.98 Å². The number of nitrogen functional groups attached to an aromatic ring is 1. The Morgan fingerprint density at radius 2 is 2.05 bits per heavy atom. The van der Waals surface area contributed by atoms with Crippen LogP contribution in [0, 0.1) is 10.5 Å². The van der Waals surface area contributed by atoms with Crippen LogP contribution in [0.1, 0.15) is 5.56 Å². The first-order valence-electron chi connectivity index (χ1n) is 5.66. The Balaban J connectivity index is 2.26. The van der Waals surface area contributed by atoms with Crippen molar-refractivity contribution in [3.8, 4) is 11.5 Å². The van der Waals surface area contributed by atoms with E-state index in [9.17, 15) is 0 Å². The molecule has 0 unspecified atom stereocenters. The maximum atomic E-state index is 6.19. The van der Waals surface area contributed by atoms with E-state index < -0.39 is 0 Å². The number of halogens is 2. The van der Waals surface area contributed by atoms with Gasteiger partial charge in [-0.25, -0.2) is 4.98 Å². The summed E-state index contributed by atoms with van der Waals surface area (Å²) in [7, 11) is 0. The van der Waals surface area contributed by atoms with Crippen molar-refractivity contribution in [3.05, 3.63) is 44.5 Å². The van der Waals surface area contributed by atoms with Crippen LogP contribution in [0.3, 0.4) is 0 Å². The molecule has 3 rings (SSSR count). The van der Waals surface area contributed by atoms with Crippen molar-refractivity contribution >= 4 is 51.0 Å². The van der Waals surface area contributed by atoms with Gasteiger partial charge in [0.05, 0.1) is 16.3 Å². The molecule has 0 radical (unpaired) electrons. The molecule has 0 aliphatic carbocycles. The molecule has 19 heavy (non-hydrogen) atoms. The van der Waals surface area contributed by atoms with E-state index >= 15 is 0 Å². The van der Waals surface area contributed by atoms with E-state index in [4.69, 9.17) is 21.8 Å². The predicted octanol–water partition coefficient (Wildman–Crippen LogP) is 4.64. The molecule has 0 atom stereocenters. The highest BCUT2D eigenvalue weighted by molar-refractivity contribution is 14.1. The van der Waals surface area contributed by atoms with E-state index in [-0.39, 0.29) is 0 Å². The summed E-state index contributed by atoms with van der Waals surface area (Å²) in [5, 5.41) is 0.613. The Bertz CT molecular complexity index is 782. The van der Waals surface area contributed by atoms with Crippen molar-refractivity contribution in [2.75, 3.05) is 5.73 Å². The van der Waals surface area contributed by atoms with E-state index in [1.165, 1.54) is 0 Å². The summed E-state index contributed by atoms with van der Waals surface area (Å²) in [5.41, 5.74) is 9.73. The second-order valence-electron chi connectivity index (χ2n) is 4.35. The minimum atomic E-state index is 0.496. The van der Waals surface area contributed by atoms with Crippen LogP contribution in [0.4, 0.5) is 5.69 Å². The first-order chi connectivity index (χ1) is 9.04. The number of aromatic nitrogens is 1. The summed E-state index contributed by atoms with van der Waals surface area (Å²) < 4.78 is 6.82. The monoisotopic (exact) mass is 384 g/mol. The second-order valence-corrected chi connectivity index (χ2v) is 6.00. The van der Waals surface area contributed by atoms with Crippen LogP contribution in [0.5, 0.6) is 0 Å². The van der Waals surface area contributed by atoms with Gasteiger partial charge in [0, 0.05) is 3.57 Å². The number of hydrogen-bond acceptors (Lipinski definition) is 3. The van der Waals surface area contributed by atoms with Gasteiger partial charge in [0.15, 0.2) is 5.58 Å². The zero-order valence-electron chi connectivity index (χ0n) is 10.1. The zero-order chi connectivity index (χ0) is 13.6. The SMILES string of the molecule is Cc1cc(N)c2oc(-c3cc(I)ccc3Cl)nc2c1. The maximum absolute atomic E-state index is 6.19. The van der Waals surface area contributed by atoms with Gasteiger partial charge in [-0.15, -0.1) is 0 Å². The van der Waals surface area contributed by atoms with Crippen LogP contribution in [0.15, 0.2) is 34.7 Å². The Morgan fingerprint density at radius 1 is 1.26 bits per heavy atom. The minimum absolute atomic E-state index is 0.496. The maximum Gasteiger partial charge on any atom is 0.228 e. The van der Waals surface area contributed by atoms with E-state index in [1.54, 1.807) is 0 Å². The molecule has 0 aliphatic heterocycles. The van der Waals surface area contributed by atoms with Gasteiger partial charge in [-0.2, -0.15) is 0 Å². The number of aryl methyl sites for hydroxylation is 1. The molecule has 5 heteroatoms. The first-order valence-corrected chi connectivity index (χ1v) is 7.12. The molecule has 2 aromatic carbocycles. The molecule has 2 N–H and O–H groups in total. The van der Waals surface area contributed by atoms with Crippen LogP contribution in [0.25, 0.3) is 22.6 Å². The summed E-state index contributed by atoms with van der Waals surface area (Å²) in [6, 6.07) is 9.53. The van der Waals surface area contributed by atoms with Gasteiger partial charge >= 0.3 is 0 Å². The molecule has 3 aromatic rings. The number of oxazole rings is 1. The number of hydrogen-bond donors (Lipinski definition) is 1. The number of anilines is 1. The number of fused-ring (bicyclic) bond motifs is 1.